The molecule has 4 aromatic rings. The largest absolute Gasteiger partial charge is 0.492 e. The molecule has 0 heterocycles. The molecule has 5 nitrogen and oxygen atoms in total. The Morgan fingerprint density at radius 3 is 2.31 bits per heavy atom. The summed E-state index contributed by atoms with van der Waals surface area (Å²) in [7, 11) is 2.21. The van der Waals surface area contributed by atoms with Crippen molar-refractivity contribution < 1.29 is 19.4 Å². The van der Waals surface area contributed by atoms with E-state index in [1.807, 2.05) is 31.2 Å². The van der Waals surface area contributed by atoms with Gasteiger partial charge in [-0.15, -0.1) is 0 Å². The molecule has 0 spiro atoms. The maximum absolute atomic E-state index is 11.5. The summed E-state index contributed by atoms with van der Waals surface area (Å²) in [5, 5.41) is 9.41. The zero-order valence-corrected chi connectivity index (χ0v) is 27.2. The molecule has 45 heavy (non-hydrogen) atoms. The summed E-state index contributed by atoms with van der Waals surface area (Å²) in [4.78, 5) is 13.9. The van der Waals surface area contributed by atoms with E-state index in [-0.39, 0.29) is 6.04 Å². The van der Waals surface area contributed by atoms with Crippen LogP contribution in [0, 0.1) is 0 Å². The monoisotopic (exact) mass is 605 g/mol. The summed E-state index contributed by atoms with van der Waals surface area (Å²) in [5.74, 6) is 0.177. The van der Waals surface area contributed by atoms with Crippen LogP contribution in [-0.4, -0.2) is 48.9 Å². The van der Waals surface area contributed by atoms with E-state index in [0.717, 1.165) is 43.5 Å². The fourth-order valence-electron chi connectivity index (χ4n) is 6.59. The average Bonchev–Trinajstić information content (AvgIpc) is 3.21. The quantitative estimate of drug-likeness (QED) is 0.158. The summed E-state index contributed by atoms with van der Waals surface area (Å²) in [5.41, 5.74) is 10.7. The highest BCUT2D eigenvalue weighted by Gasteiger charge is 2.28. The lowest BCUT2D eigenvalue weighted by Gasteiger charge is -2.31. The van der Waals surface area contributed by atoms with Gasteiger partial charge in [0.05, 0.1) is 6.04 Å². The third-order valence-corrected chi connectivity index (χ3v) is 9.11. The molecule has 0 aliphatic heterocycles. The van der Waals surface area contributed by atoms with Crippen LogP contribution in [0.15, 0.2) is 91.0 Å². The molecule has 0 saturated heterocycles. The predicted octanol–water partition coefficient (Wildman–Crippen LogP) is 8.02. The fourth-order valence-corrected chi connectivity index (χ4v) is 6.59. The number of ether oxygens (including phenoxy) is 2. The highest BCUT2D eigenvalue weighted by Crippen LogP contribution is 2.38. The first-order valence-electron chi connectivity index (χ1n) is 16.4. The fraction of sp³-hybridized carbons (Fsp3) is 0.375. The molecule has 5 rings (SSSR count). The number of hydrogen-bond donors (Lipinski definition) is 1. The SMILES string of the molecule is CCCc1ccc2c(c1)C(N(C)CCOc1ccc(CC(OCC)C(=O)O)cc1)c1ccc(C(C)c3ccccc3)cc1CC2. The number of aliphatic carboxylic acids is 1. The van der Waals surface area contributed by atoms with E-state index < -0.39 is 12.1 Å². The molecule has 0 bridgehead atoms. The Kier molecular flexibility index (Phi) is 11.1. The summed E-state index contributed by atoms with van der Waals surface area (Å²) in [6, 6.07) is 32.9. The Balaban J connectivity index is 1.35. The molecular weight excluding hydrogens is 558 g/mol. The summed E-state index contributed by atoms with van der Waals surface area (Å²) >= 11 is 0. The molecule has 4 aromatic carbocycles. The van der Waals surface area contributed by atoms with Gasteiger partial charge in [0, 0.05) is 25.5 Å². The van der Waals surface area contributed by atoms with Gasteiger partial charge < -0.3 is 14.6 Å². The van der Waals surface area contributed by atoms with Crippen molar-refractivity contribution >= 4 is 5.97 Å². The first-order valence-corrected chi connectivity index (χ1v) is 16.4. The predicted molar refractivity (Wildman–Crippen MR) is 181 cm³/mol. The van der Waals surface area contributed by atoms with E-state index >= 15 is 0 Å². The smallest absolute Gasteiger partial charge is 0.333 e. The number of aryl methyl sites for hydroxylation is 3. The van der Waals surface area contributed by atoms with E-state index in [1.165, 1.54) is 38.9 Å². The average molecular weight is 606 g/mol. The molecule has 1 N–H and O–H groups in total. The zero-order valence-electron chi connectivity index (χ0n) is 27.2. The molecule has 0 fully saturated rings. The molecule has 0 saturated carbocycles. The Morgan fingerprint density at radius 1 is 0.867 bits per heavy atom. The van der Waals surface area contributed by atoms with Crippen molar-refractivity contribution in [2.24, 2.45) is 0 Å². The van der Waals surface area contributed by atoms with Crippen molar-refractivity contribution in [1.82, 2.24) is 4.90 Å². The van der Waals surface area contributed by atoms with Crippen molar-refractivity contribution in [2.75, 3.05) is 26.8 Å². The van der Waals surface area contributed by atoms with Gasteiger partial charge in [-0.1, -0.05) is 99.1 Å². The van der Waals surface area contributed by atoms with Gasteiger partial charge in [0.1, 0.15) is 12.4 Å². The molecule has 3 atom stereocenters. The van der Waals surface area contributed by atoms with Crippen LogP contribution >= 0.6 is 0 Å². The Hall–Kier alpha value is -3.93. The molecule has 0 amide bonds. The molecule has 0 radical (unpaired) electrons. The summed E-state index contributed by atoms with van der Waals surface area (Å²) in [6.45, 7) is 8.03. The number of rotatable bonds is 14. The van der Waals surface area contributed by atoms with E-state index in [0.29, 0.717) is 25.6 Å². The van der Waals surface area contributed by atoms with Gasteiger partial charge in [0.15, 0.2) is 6.10 Å². The van der Waals surface area contributed by atoms with Gasteiger partial charge in [0.2, 0.25) is 0 Å². The van der Waals surface area contributed by atoms with Crippen LogP contribution in [0.5, 0.6) is 5.75 Å². The first kappa shape index (κ1) is 32.5. The molecule has 1 aliphatic rings. The number of nitrogens with zero attached hydrogens (tertiary/aromatic N) is 1. The van der Waals surface area contributed by atoms with Gasteiger partial charge in [-0.05, 0) is 89.9 Å². The summed E-state index contributed by atoms with van der Waals surface area (Å²) < 4.78 is 11.6. The first-order chi connectivity index (χ1) is 21.9. The van der Waals surface area contributed by atoms with Gasteiger partial charge in [-0.25, -0.2) is 4.79 Å². The molecular formula is C40H47NO4. The van der Waals surface area contributed by atoms with Crippen molar-refractivity contribution in [1.29, 1.82) is 0 Å². The number of fused-ring (bicyclic) bond motifs is 2. The van der Waals surface area contributed by atoms with Gasteiger partial charge in [0.25, 0.3) is 0 Å². The molecule has 5 heteroatoms. The highest BCUT2D eigenvalue weighted by molar-refractivity contribution is 5.72. The number of carboxylic acids is 1. The number of likely N-dealkylation sites (N-methyl/N-ethyl adjacent to an activating group) is 1. The minimum atomic E-state index is -0.939. The van der Waals surface area contributed by atoms with Gasteiger partial charge >= 0.3 is 5.97 Å². The number of carbonyl (C=O) groups is 1. The molecule has 0 aromatic heterocycles. The Morgan fingerprint density at radius 2 is 1.60 bits per heavy atom. The van der Waals surface area contributed by atoms with E-state index in [2.05, 4.69) is 92.5 Å². The van der Waals surface area contributed by atoms with Crippen molar-refractivity contribution in [3.05, 3.63) is 136 Å². The molecule has 3 unspecified atom stereocenters. The third kappa shape index (κ3) is 8.02. The maximum atomic E-state index is 11.5. The van der Waals surface area contributed by atoms with Crippen LogP contribution in [-0.2, 0) is 35.2 Å². The van der Waals surface area contributed by atoms with Crippen LogP contribution < -0.4 is 4.74 Å². The number of benzene rings is 4. The third-order valence-electron chi connectivity index (χ3n) is 9.11. The van der Waals surface area contributed by atoms with Crippen LogP contribution in [0.4, 0.5) is 0 Å². The lowest BCUT2D eigenvalue weighted by atomic mass is 9.87. The second-order valence-electron chi connectivity index (χ2n) is 12.2. The van der Waals surface area contributed by atoms with Crippen LogP contribution in [0.3, 0.4) is 0 Å². The Bertz CT molecular complexity index is 1550. The van der Waals surface area contributed by atoms with E-state index in [9.17, 15) is 9.90 Å². The van der Waals surface area contributed by atoms with Crippen molar-refractivity contribution in [3.63, 3.8) is 0 Å². The van der Waals surface area contributed by atoms with Crippen molar-refractivity contribution in [3.8, 4) is 5.75 Å². The summed E-state index contributed by atoms with van der Waals surface area (Å²) in [6.07, 6.45) is 3.78. The van der Waals surface area contributed by atoms with Crippen LogP contribution in [0.1, 0.15) is 83.7 Å². The van der Waals surface area contributed by atoms with Crippen LogP contribution in [0.25, 0.3) is 0 Å². The maximum Gasteiger partial charge on any atom is 0.333 e. The second-order valence-corrected chi connectivity index (χ2v) is 12.2. The van der Waals surface area contributed by atoms with Gasteiger partial charge in [-0.3, -0.25) is 4.90 Å². The minimum absolute atomic E-state index is 0.146. The lowest BCUT2D eigenvalue weighted by molar-refractivity contribution is -0.149. The number of carboxylic acid groups (broad SMARTS) is 1. The number of hydrogen-bond acceptors (Lipinski definition) is 4. The topological polar surface area (TPSA) is 59.0 Å². The highest BCUT2D eigenvalue weighted by atomic mass is 16.5. The van der Waals surface area contributed by atoms with E-state index in [4.69, 9.17) is 9.47 Å². The normalized spacial score (nSPS) is 15.5. The Labute approximate surface area is 268 Å². The molecule has 236 valence electrons. The van der Waals surface area contributed by atoms with Crippen LogP contribution in [0.2, 0.25) is 0 Å². The second kappa shape index (κ2) is 15.4. The minimum Gasteiger partial charge on any atom is -0.492 e. The molecule has 1 aliphatic carbocycles. The van der Waals surface area contributed by atoms with Crippen molar-refractivity contribution in [2.45, 2.75) is 70.9 Å². The standard InChI is InChI=1S/C40H47NO4/c1-5-10-29-13-16-32-17-18-34-27-33(28(3)31-11-8-7-9-12-31)19-22-36(34)39(37(32)25-29)41(4)23-24-45-35-20-14-30(15-21-35)26-38(40(42)43)44-6-2/h7-9,11-16,19-22,25,27-28,38-39H,5-6,10,17-18,23-24,26H2,1-4H3,(H,42,43). The zero-order chi connectivity index (χ0) is 31.8. The van der Waals surface area contributed by atoms with Gasteiger partial charge in [-0.2, -0.15) is 0 Å². The lowest BCUT2D eigenvalue weighted by Crippen LogP contribution is -2.30. The van der Waals surface area contributed by atoms with E-state index in [1.54, 1.807) is 0 Å².